The lowest BCUT2D eigenvalue weighted by atomic mass is 10.0. The molecule has 0 aliphatic rings. The lowest BCUT2D eigenvalue weighted by Crippen LogP contribution is -2.59. The lowest BCUT2D eigenvalue weighted by molar-refractivity contribution is -0.144. The van der Waals surface area contributed by atoms with Crippen LogP contribution in [0.15, 0.2) is 0 Å². The van der Waals surface area contributed by atoms with Gasteiger partial charge in [0.05, 0.1) is 18.9 Å². The van der Waals surface area contributed by atoms with E-state index in [1.807, 2.05) is 0 Å². The number of rotatable bonds is 15. The van der Waals surface area contributed by atoms with Gasteiger partial charge in [-0.05, 0) is 12.3 Å². The summed E-state index contributed by atoms with van der Waals surface area (Å²) in [6, 6.07) is -5.65. The van der Waals surface area contributed by atoms with Crippen LogP contribution in [0.4, 0.5) is 0 Å². The van der Waals surface area contributed by atoms with Gasteiger partial charge in [0.1, 0.15) is 18.1 Å². The molecule has 0 bridgehead atoms. The molecule has 0 rings (SSSR count). The Bertz CT molecular complexity index is 786. The van der Waals surface area contributed by atoms with Crippen LogP contribution in [0, 0.1) is 5.92 Å². The first-order chi connectivity index (χ1) is 15.1. The van der Waals surface area contributed by atoms with E-state index >= 15 is 0 Å². The van der Waals surface area contributed by atoms with Crippen molar-refractivity contribution in [1.82, 2.24) is 16.0 Å². The number of nitrogens with one attached hydrogen (secondary N) is 3. The van der Waals surface area contributed by atoms with E-state index in [-0.39, 0.29) is 12.8 Å². The molecule has 0 saturated carbocycles. The average molecular weight is 473 g/mol. The van der Waals surface area contributed by atoms with E-state index in [2.05, 4.69) is 16.0 Å². The number of carbonyl (C=O) groups excluding carboxylic acids is 6. The third kappa shape index (κ3) is 11.4. The molecule has 186 valence electrons. The number of carboxylic acid groups (broad SMARTS) is 1. The molecule has 0 spiro atoms. The summed E-state index contributed by atoms with van der Waals surface area (Å²) in [4.78, 5) is 82.0. The van der Waals surface area contributed by atoms with Gasteiger partial charge >= 0.3 is 5.97 Å². The van der Waals surface area contributed by atoms with Gasteiger partial charge < -0.3 is 44.0 Å². The van der Waals surface area contributed by atoms with E-state index in [0.29, 0.717) is 0 Å². The van der Waals surface area contributed by atoms with Crippen LogP contribution in [0.25, 0.3) is 0 Å². The van der Waals surface area contributed by atoms with Gasteiger partial charge in [-0.1, -0.05) is 13.8 Å². The highest BCUT2D eigenvalue weighted by Crippen LogP contribution is 2.06. The normalized spacial score (nSPS) is 14.3. The fraction of sp³-hybridized carbons (Fsp3) is 0.611. The zero-order valence-corrected chi connectivity index (χ0v) is 18.3. The van der Waals surface area contributed by atoms with E-state index in [9.17, 15) is 33.6 Å². The quantitative estimate of drug-likeness (QED) is 0.114. The molecule has 0 aliphatic carbocycles. The van der Waals surface area contributed by atoms with Crippen molar-refractivity contribution in [3.8, 4) is 0 Å². The van der Waals surface area contributed by atoms with Crippen LogP contribution in [0.2, 0.25) is 0 Å². The molecule has 0 aromatic carbocycles. The molecule has 0 aromatic heterocycles. The van der Waals surface area contributed by atoms with Gasteiger partial charge in [0.2, 0.25) is 35.4 Å². The second-order valence-electron chi connectivity index (χ2n) is 7.64. The van der Waals surface area contributed by atoms with E-state index in [0.717, 1.165) is 0 Å². The van der Waals surface area contributed by atoms with Gasteiger partial charge in [0.15, 0.2) is 0 Å². The summed E-state index contributed by atoms with van der Waals surface area (Å²) >= 11 is 0. The molecule has 6 amide bonds. The Labute approximate surface area is 189 Å². The minimum absolute atomic E-state index is 0.112. The predicted molar refractivity (Wildman–Crippen MR) is 112 cm³/mol. The number of amides is 6. The zero-order chi connectivity index (χ0) is 25.9. The Morgan fingerprint density at radius 3 is 1.64 bits per heavy atom. The molecule has 33 heavy (non-hydrogen) atoms. The largest absolute Gasteiger partial charge is 0.480 e. The summed E-state index contributed by atoms with van der Waals surface area (Å²) in [5.41, 5.74) is 20.7. The molecule has 0 aromatic rings. The van der Waals surface area contributed by atoms with Crippen molar-refractivity contribution < 1.29 is 38.7 Å². The van der Waals surface area contributed by atoms with E-state index in [1.54, 1.807) is 0 Å². The van der Waals surface area contributed by atoms with Crippen LogP contribution in [0.3, 0.4) is 0 Å². The Balaban J connectivity index is 5.43. The molecule has 12 N–H and O–H groups in total. The van der Waals surface area contributed by atoms with Crippen LogP contribution >= 0.6 is 0 Å². The summed E-state index contributed by atoms with van der Waals surface area (Å²) in [6.45, 7) is 3.08. The number of carboxylic acids is 1. The second-order valence-corrected chi connectivity index (χ2v) is 7.64. The minimum atomic E-state index is -1.63. The van der Waals surface area contributed by atoms with Crippen LogP contribution in [0.5, 0.6) is 0 Å². The lowest BCUT2D eigenvalue weighted by Gasteiger charge is -2.26. The summed E-state index contributed by atoms with van der Waals surface area (Å²) in [5.74, 6) is -7.46. The van der Waals surface area contributed by atoms with E-state index in [4.69, 9.17) is 28.0 Å². The molecule has 0 fully saturated rings. The fourth-order valence-corrected chi connectivity index (χ4v) is 2.57. The summed E-state index contributed by atoms with van der Waals surface area (Å²) in [6.07, 6.45) is -1.61. The molecule has 0 saturated heterocycles. The predicted octanol–water partition coefficient (Wildman–Crippen LogP) is -4.48. The summed E-state index contributed by atoms with van der Waals surface area (Å²) in [5, 5.41) is 15.8. The van der Waals surface area contributed by atoms with Gasteiger partial charge in [0.25, 0.3) is 0 Å². The van der Waals surface area contributed by atoms with Crippen LogP contribution in [0.1, 0.15) is 39.5 Å². The van der Waals surface area contributed by atoms with Crippen LogP contribution in [-0.4, -0.2) is 70.7 Å². The highest BCUT2D eigenvalue weighted by Gasteiger charge is 2.33. The van der Waals surface area contributed by atoms with Crippen molar-refractivity contribution in [2.75, 3.05) is 0 Å². The van der Waals surface area contributed by atoms with Crippen LogP contribution < -0.4 is 38.9 Å². The monoisotopic (exact) mass is 473 g/mol. The van der Waals surface area contributed by atoms with Gasteiger partial charge in [-0.2, -0.15) is 0 Å². The van der Waals surface area contributed by atoms with Gasteiger partial charge in [-0.25, -0.2) is 4.79 Å². The molecule has 15 nitrogen and oxygen atoms in total. The number of hydrogen-bond donors (Lipinski definition) is 8. The van der Waals surface area contributed by atoms with Crippen molar-refractivity contribution in [3.63, 3.8) is 0 Å². The fourth-order valence-electron chi connectivity index (χ4n) is 2.57. The van der Waals surface area contributed by atoms with Crippen LogP contribution in [-0.2, 0) is 33.6 Å². The van der Waals surface area contributed by atoms with Crippen molar-refractivity contribution in [2.45, 2.75) is 63.7 Å². The average Bonchev–Trinajstić information content (AvgIpc) is 2.67. The third-order valence-electron chi connectivity index (χ3n) is 4.34. The van der Waals surface area contributed by atoms with Gasteiger partial charge in [0, 0.05) is 6.42 Å². The van der Waals surface area contributed by atoms with Crippen molar-refractivity contribution in [3.05, 3.63) is 0 Å². The molecular weight excluding hydrogens is 442 g/mol. The van der Waals surface area contributed by atoms with E-state index in [1.165, 1.54) is 13.8 Å². The van der Waals surface area contributed by atoms with Gasteiger partial charge in [-0.3, -0.25) is 28.8 Å². The Morgan fingerprint density at radius 2 is 1.21 bits per heavy atom. The second kappa shape index (κ2) is 13.6. The first-order valence-electron chi connectivity index (χ1n) is 9.90. The Hall–Kier alpha value is -3.75. The highest BCUT2D eigenvalue weighted by molar-refractivity contribution is 5.96. The Kier molecular flexibility index (Phi) is 12.1. The maximum absolute atomic E-state index is 12.7. The number of primary amides is 3. The van der Waals surface area contributed by atoms with Crippen molar-refractivity contribution >= 4 is 41.4 Å². The molecule has 15 heteroatoms. The zero-order valence-electron chi connectivity index (χ0n) is 18.3. The van der Waals surface area contributed by atoms with Crippen molar-refractivity contribution in [1.29, 1.82) is 0 Å². The first-order valence-corrected chi connectivity index (χ1v) is 9.90. The summed E-state index contributed by atoms with van der Waals surface area (Å²) in [7, 11) is 0. The molecule has 4 unspecified atom stereocenters. The molecule has 0 heterocycles. The molecule has 0 aliphatic heterocycles. The third-order valence-corrected chi connectivity index (χ3v) is 4.34. The first kappa shape index (κ1) is 29.2. The molecular formula is C18H31N7O8. The number of hydrogen-bond acceptors (Lipinski definition) is 8. The smallest absolute Gasteiger partial charge is 0.326 e. The molecule has 0 radical (unpaired) electrons. The number of aliphatic carboxylic acids is 1. The van der Waals surface area contributed by atoms with Crippen molar-refractivity contribution in [2.24, 2.45) is 28.9 Å². The SMILES string of the molecule is CC(C)C(NC(=O)C(CC(N)=O)NC(=O)C(N)CCC(N)=O)C(=O)NC(CC(N)=O)C(=O)O. The number of nitrogens with two attached hydrogens (primary N) is 4. The van der Waals surface area contributed by atoms with E-state index < -0.39 is 84.3 Å². The highest BCUT2D eigenvalue weighted by atomic mass is 16.4. The minimum Gasteiger partial charge on any atom is -0.480 e. The summed E-state index contributed by atoms with van der Waals surface area (Å²) < 4.78 is 0. The topological polar surface area (TPSA) is 280 Å². The van der Waals surface area contributed by atoms with Gasteiger partial charge in [-0.15, -0.1) is 0 Å². The standard InChI is InChI=1S/C18H31N7O8/c1-7(2)14(17(31)24-10(18(32)33)6-13(22)28)25-16(30)9(5-12(21)27)23-15(29)8(19)3-4-11(20)26/h7-10,14H,3-6,19H2,1-2H3,(H2,20,26)(H2,21,27)(H2,22,28)(H,23,29)(H,24,31)(H,25,30)(H,32,33). The number of carbonyl (C=O) groups is 7. The Morgan fingerprint density at radius 1 is 0.727 bits per heavy atom. The molecule has 4 atom stereocenters. The maximum Gasteiger partial charge on any atom is 0.326 e. The maximum atomic E-state index is 12.7.